The highest BCUT2D eigenvalue weighted by Crippen LogP contribution is 2.20. The lowest BCUT2D eigenvalue weighted by atomic mass is 9.91. The Bertz CT molecular complexity index is 519. The Labute approximate surface area is 122 Å². The van der Waals surface area contributed by atoms with Gasteiger partial charge in [0.2, 0.25) is 0 Å². The molecule has 114 valence electrons. The van der Waals surface area contributed by atoms with Gasteiger partial charge in [-0.15, -0.1) is 0 Å². The van der Waals surface area contributed by atoms with Crippen LogP contribution in [0.3, 0.4) is 0 Å². The summed E-state index contributed by atoms with van der Waals surface area (Å²) >= 11 is 0. The first-order valence-corrected chi connectivity index (χ1v) is 7.03. The van der Waals surface area contributed by atoms with E-state index in [1.807, 2.05) is 0 Å². The van der Waals surface area contributed by atoms with Crippen molar-refractivity contribution in [1.29, 1.82) is 0 Å². The summed E-state index contributed by atoms with van der Waals surface area (Å²) in [7, 11) is 0. The van der Waals surface area contributed by atoms with Crippen molar-refractivity contribution >= 4 is 12.0 Å². The zero-order chi connectivity index (χ0) is 15.4. The molecule has 0 atom stereocenters. The van der Waals surface area contributed by atoms with Gasteiger partial charge in [0.1, 0.15) is 5.82 Å². The van der Waals surface area contributed by atoms with Crippen LogP contribution in [0.25, 0.3) is 0 Å². The molecule has 3 N–H and O–H groups in total. The Kier molecular flexibility index (Phi) is 4.77. The fourth-order valence-corrected chi connectivity index (χ4v) is 2.73. The smallest absolute Gasteiger partial charge is 0.404 e. The molecule has 0 unspecified atom stereocenters. The van der Waals surface area contributed by atoms with Crippen molar-refractivity contribution in [3.8, 4) is 0 Å². The first-order chi connectivity index (χ1) is 9.97. The van der Waals surface area contributed by atoms with Gasteiger partial charge in [0.25, 0.3) is 5.91 Å². The van der Waals surface area contributed by atoms with Crippen molar-refractivity contribution in [3.63, 3.8) is 0 Å². The topological polar surface area (TPSA) is 78.4 Å². The number of nitrogens with one attached hydrogen (secondary N) is 2. The lowest BCUT2D eigenvalue weighted by Gasteiger charge is -2.29. The van der Waals surface area contributed by atoms with E-state index in [-0.39, 0.29) is 17.6 Å². The van der Waals surface area contributed by atoms with E-state index in [1.165, 1.54) is 6.07 Å². The van der Waals surface area contributed by atoms with Crippen molar-refractivity contribution in [1.82, 2.24) is 10.6 Å². The van der Waals surface area contributed by atoms with E-state index >= 15 is 0 Å². The molecule has 0 aliphatic heterocycles. The Hall–Kier alpha value is -2.11. The van der Waals surface area contributed by atoms with Crippen molar-refractivity contribution in [2.45, 2.75) is 44.7 Å². The monoisotopic (exact) mass is 294 g/mol. The predicted molar refractivity (Wildman–Crippen MR) is 75.8 cm³/mol. The molecule has 1 aromatic carbocycles. The summed E-state index contributed by atoms with van der Waals surface area (Å²) in [6.45, 7) is 1.70. The molecule has 0 bridgehead atoms. The van der Waals surface area contributed by atoms with Gasteiger partial charge in [-0.25, -0.2) is 9.18 Å². The second-order valence-electron chi connectivity index (χ2n) is 5.40. The SMILES string of the molecule is Cc1cccc(F)c1C(=O)N[C@H]1CC[C@H](NC(=O)O)CC1. The molecule has 0 aromatic heterocycles. The van der Waals surface area contributed by atoms with E-state index in [0.29, 0.717) is 31.2 Å². The fraction of sp³-hybridized carbons (Fsp3) is 0.467. The molecule has 2 amide bonds. The van der Waals surface area contributed by atoms with Crippen LogP contribution in [0, 0.1) is 12.7 Å². The van der Waals surface area contributed by atoms with Crippen LogP contribution in [0.4, 0.5) is 9.18 Å². The number of carbonyl (C=O) groups excluding carboxylic acids is 1. The van der Waals surface area contributed by atoms with E-state index in [0.717, 1.165) is 0 Å². The normalized spacial score (nSPS) is 21.6. The maximum Gasteiger partial charge on any atom is 0.404 e. The highest BCUT2D eigenvalue weighted by atomic mass is 19.1. The third-order valence-corrected chi connectivity index (χ3v) is 3.84. The Balaban J connectivity index is 1.92. The summed E-state index contributed by atoms with van der Waals surface area (Å²) in [5.41, 5.74) is 0.692. The summed E-state index contributed by atoms with van der Waals surface area (Å²) < 4.78 is 13.7. The van der Waals surface area contributed by atoms with Crippen LogP contribution in [-0.2, 0) is 0 Å². The number of rotatable bonds is 3. The second-order valence-corrected chi connectivity index (χ2v) is 5.40. The largest absolute Gasteiger partial charge is 0.465 e. The van der Waals surface area contributed by atoms with Gasteiger partial charge in [-0.05, 0) is 44.2 Å². The molecule has 0 heterocycles. The maximum atomic E-state index is 13.7. The van der Waals surface area contributed by atoms with E-state index in [1.54, 1.807) is 19.1 Å². The average molecular weight is 294 g/mol. The summed E-state index contributed by atoms with van der Waals surface area (Å²) in [6.07, 6.45) is 1.69. The minimum Gasteiger partial charge on any atom is -0.465 e. The molecular weight excluding hydrogens is 275 g/mol. The maximum absolute atomic E-state index is 13.7. The van der Waals surface area contributed by atoms with Crippen LogP contribution < -0.4 is 10.6 Å². The molecule has 1 aromatic rings. The van der Waals surface area contributed by atoms with Crippen LogP contribution in [-0.4, -0.2) is 29.2 Å². The molecule has 1 aliphatic rings. The van der Waals surface area contributed by atoms with Crippen LogP contribution in [0.1, 0.15) is 41.6 Å². The standard InChI is InChI=1S/C15H19FN2O3/c1-9-3-2-4-12(16)13(9)14(19)17-10-5-7-11(8-6-10)18-15(20)21/h2-4,10-11,18H,5-8H2,1H3,(H,17,19)(H,20,21)/t10-,11-. The number of benzene rings is 1. The summed E-state index contributed by atoms with van der Waals surface area (Å²) in [4.78, 5) is 22.7. The quantitative estimate of drug-likeness (QED) is 0.801. The summed E-state index contributed by atoms with van der Waals surface area (Å²) in [6, 6.07) is 4.44. The highest BCUT2D eigenvalue weighted by Gasteiger charge is 2.25. The molecule has 21 heavy (non-hydrogen) atoms. The Morgan fingerprint density at radius 3 is 2.24 bits per heavy atom. The van der Waals surface area contributed by atoms with Gasteiger partial charge < -0.3 is 15.7 Å². The first kappa shape index (κ1) is 15.3. The minimum absolute atomic E-state index is 0.0386. The van der Waals surface area contributed by atoms with Gasteiger partial charge in [0.05, 0.1) is 5.56 Å². The summed E-state index contributed by atoms with van der Waals surface area (Å²) in [5.74, 6) is -0.922. The molecule has 0 radical (unpaired) electrons. The molecule has 1 aliphatic carbocycles. The number of amides is 2. The Morgan fingerprint density at radius 1 is 1.14 bits per heavy atom. The van der Waals surface area contributed by atoms with E-state index < -0.39 is 17.8 Å². The fourth-order valence-electron chi connectivity index (χ4n) is 2.73. The molecule has 0 saturated heterocycles. The molecule has 5 nitrogen and oxygen atoms in total. The lowest BCUT2D eigenvalue weighted by Crippen LogP contribution is -2.43. The van der Waals surface area contributed by atoms with Crippen LogP contribution in [0.5, 0.6) is 0 Å². The van der Waals surface area contributed by atoms with Gasteiger partial charge in [-0.1, -0.05) is 12.1 Å². The first-order valence-electron chi connectivity index (χ1n) is 7.03. The Morgan fingerprint density at radius 2 is 1.71 bits per heavy atom. The van der Waals surface area contributed by atoms with Crippen LogP contribution >= 0.6 is 0 Å². The van der Waals surface area contributed by atoms with Crippen molar-refractivity contribution in [2.75, 3.05) is 0 Å². The van der Waals surface area contributed by atoms with E-state index in [9.17, 15) is 14.0 Å². The molecule has 1 fully saturated rings. The number of carbonyl (C=O) groups is 2. The van der Waals surface area contributed by atoms with Gasteiger partial charge in [-0.3, -0.25) is 4.79 Å². The third kappa shape index (κ3) is 3.93. The van der Waals surface area contributed by atoms with Crippen molar-refractivity contribution in [3.05, 3.63) is 35.1 Å². The molecule has 2 rings (SSSR count). The number of aryl methyl sites for hydroxylation is 1. The number of carboxylic acid groups (broad SMARTS) is 1. The molecule has 6 heteroatoms. The van der Waals surface area contributed by atoms with Crippen molar-refractivity contribution in [2.24, 2.45) is 0 Å². The molecule has 1 saturated carbocycles. The van der Waals surface area contributed by atoms with E-state index in [2.05, 4.69) is 10.6 Å². The zero-order valence-corrected chi connectivity index (χ0v) is 11.9. The number of halogens is 1. The van der Waals surface area contributed by atoms with Crippen LogP contribution in [0.2, 0.25) is 0 Å². The van der Waals surface area contributed by atoms with Crippen molar-refractivity contribution < 1.29 is 19.1 Å². The highest BCUT2D eigenvalue weighted by molar-refractivity contribution is 5.96. The number of hydrogen-bond acceptors (Lipinski definition) is 2. The minimum atomic E-state index is -1.02. The van der Waals surface area contributed by atoms with Gasteiger partial charge in [0, 0.05) is 12.1 Å². The zero-order valence-electron chi connectivity index (χ0n) is 11.9. The van der Waals surface area contributed by atoms with E-state index in [4.69, 9.17) is 5.11 Å². The van der Waals surface area contributed by atoms with Gasteiger partial charge >= 0.3 is 6.09 Å². The van der Waals surface area contributed by atoms with Gasteiger partial charge in [-0.2, -0.15) is 0 Å². The predicted octanol–water partition coefficient (Wildman–Crippen LogP) is 2.44. The average Bonchev–Trinajstić information content (AvgIpc) is 2.40. The summed E-state index contributed by atoms with van der Waals surface area (Å²) in [5, 5.41) is 14.0. The molecular formula is C15H19FN2O3. The van der Waals surface area contributed by atoms with Crippen LogP contribution in [0.15, 0.2) is 18.2 Å². The second kappa shape index (κ2) is 6.56. The third-order valence-electron chi connectivity index (χ3n) is 3.84. The number of hydrogen-bond donors (Lipinski definition) is 3. The lowest BCUT2D eigenvalue weighted by molar-refractivity contribution is 0.0918. The molecule has 0 spiro atoms. The van der Waals surface area contributed by atoms with Gasteiger partial charge in [0.15, 0.2) is 0 Å².